The summed E-state index contributed by atoms with van der Waals surface area (Å²) in [7, 11) is 0. The largest absolute Gasteiger partial charge is 0.352 e. The van der Waals surface area contributed by atoms with Crippen LogP contribution in [0.2, 0.25) is 0 Å². The third kappa shape index (κ3) is 6.55. The zero-order chi connectivity index (χ0) is 18.9. The van der Waals surface area contributed by atoms with Crippen LogP contribution < -0.4 is 16.0 Å². The van der Waals surface area contributed by atoms with Crippen molar-refractivity contribution in [2.45, 2.75) is 20.3 Å². The van der Waals surface area contributed by atoms with Gasteiger partial charge in [-0.25, -0.2) is 9.18 Å². The highest BCUT2D eigenvalue weighted by atomic mass is 19.1. The number of carbonyl (C=O) groups is 2. The fourth-order valence-electron chi connectivity index (χ4n) is 2.25. The molecule has 0 bridgehead atoms. The van der Waals surface area contributed by atoms with Crippen LogP contribution in [0, 0.1) is 11.7 Å². The topological polar surface area (TPSA) is 70.2 Å². The second-order valence-electron chi connectivity index (χ2n) is 6.44. The molecule has 2 rings (SSSR count). The Morgan fingerprint density at radius 2 is 1.62 bits per heavy atom. The van der Waals surface area contributed by atoms with E-state index in [-0.39, 0.29) is 17.8 Å². The van der Waals surface area contributed by atoms with E-state index in [1.165, 1.54) is 12.1 Å². The van der Waals surface area contributed by atoms with Crippen LogP contribution in [0.5, 0.6) is 0 Å². The summed E-state index contributed by atoms with van der Waals surface area (Å²) in [5.41, 5.74) is 2.10. The van der Waals surface area contributed by atoms with Gasteiger partial charge in [0.2, 0.25) is 0 Å². The average Bonchev–Trinajstić information content (AvgIpc) is 2.62. The standard InChI is InChI=1S/C20H24FN3O2/c1-14(2)13-23-19(25)16-5-9-18(10-6-16)24-20(26)22-12-11-15-3-7-17(21)8-4-15/h3-10,14H,11-13H2,1-2H3,(H,23,25)(H2,22,24,26). The van der Waals surface area contributed by atoms with Crippen molar-refractivity contribution in [3.05, 3.63) is 65.5 Å². The zero-order valence-electron chi connectivity index (χ0n) is 15.0. The molecule has 2 aromatic rings. The smallest absolute Gasteiger partial charge is 0.319 e. The summed E-state index contributed by atoms with van der Waals surface area (Å²) in [6.07, 6.45) is 0.614. The highest BCUT2D eigenvalue weighted by molar-refractivity contribution is 5.95. The Morgan fingerprint density at radius 3 is 2.23 bits per heavy atom. The van der Waals surface area contributed by atoms with Crippen LogP contribution in [0.1, 0.15) is 29.8 Å². The lowest BCUT2D eigenvalue weighted by Gasteiger charge is -2.10. The lowest BCUT2D eigenvalue weighted by atomic mass is 10.1. The molecule has 0 saturated heterocycles. The quantitative estimate of drug-likeness (QED) is 0.709. The van der Waals surface area contributed by atoms with Crippen molar-refractivity contribution in [3.63, 3.8) is 0 Å². The maximum atomic E-state index is 12.8. The van der Waals surface area contributed by atoms with Gasteiger partial charge in [-0.1, -0.05) is 26.0 Å². The zero-order valence-corrected chi connectivity index (χ0v) is 15.0. The van der Waals surface area contributed by atoms with Crippen LogP contribution in [0.4, 0.5) is 14.9 Å². The summed E-state index contributed by atoms with van der Waals surface area (Å²) < 4.78 is 12.8. The summed E-state index contributed by atoms with van der Waals surface area (Å²) in [4.78, 5) is 23.8. The van der Waals surface area contributed by atoms with Crippen LogP contribution >= 0.6 is 0 Å². The second kappa shape index (κ2) is 9.56. The number of anilines is 1. The summed E-state index contributed by atoms with van der Waals surface area (Å²) in [5, 5.41) is 8.30. The van der Waals surface area contributed by atoms with Crippen molar-refractivity contribution in [2.75, 3.05) is 18.4 Å². The molecule has 3 N–H and O–H groups in total. The molecule has 6 heteroatoms. The van der Waals surface area contributed by atoms with Crippen molar-refractivity contribution in [2.24, 2.45) is 5.92 Å². The number of halogens is 1. The summed E-state index contributed by atoms with van der Waals surface area (Å²) in [6.45, 7) is 5.12. The molecule has 0 saturated carbocycles. The molecule has 0 heterocycles. The number of amides is 3. The van der Waals surface area contributed by atoms with Gasteiger partial charge in [-0.2, -0.15) is 0 Å². The van der Waals surface area contributed by atoms with E-state index in [2.05, 4.69) is 16.0 Å². The van der Waals surface area contributed by atoms with Gasteiger partial charge in [0, 0.05) is 24.3 Å². The lowest BCUT2D eigenvalue weighted by molar-refractivity contribution is 0.0949. The molecule has 5 nitrogen and oxygen atoms in total. The monoisotopic (exact) mass is 357 g/mol. The van der Waals surface area contributed by atoms with Crippen molar-refractivity contribution < 1.29 is 14.0 Å². The Bertz CT molecular complexity index is 728. The van der Waals surface area contributed by atoms with Gasteiger partial charge in [0.15, 0.2) is 0 Å². The molecule has 0 aromatic heterocycles. The van der Waals surface area contributed by atoms with E-state index in [0.29, 0.717) is 36.7 Å². The molecular weight excluding hydrogens is 333 g/mol. The number of nitrogens with one attached hydrogen (secondary N) is 3. The molecule has 0 aliphatic heterocycles. The maximum absolute atomic E-state index is 12.8. The van der Waals surface area contributed by atoms with Gasteiger partial charge in [-0.3, -0.25) is 4.79 Å². The van der Waals surface area contributed by atoms with E-state index in [1.54, 1.807) is 36.4 Å². The number of rotatable bonds is 7. The van der Waals surface area contributed by atoms with Crippen LogP contribution in [0.15, 0.2) is 48.5 Å². The van der Waals surface area contributed by atoms with E-state index >= 15 is 0 Å². The van der Waals surface area contributed by atoms with E-state index in [4.69, 9.17) is 0 Å². The number of urea groups is 1. The average molecular weight is 357 g/mol. The molecule has 138 valence electrons. The summed E-state index contributed by atoms with van der Waals surface area (Å²) >= 11 is 0. The number of carbonyl (C=O) groups excluding carboxylic acids is 2. The van der Waals surface area contributed by atoms with E-state index in [9.17, 15) is 14.0 Å². The highest BCUT2D eigenvalue weighted by Crippen LogP contribution is 2.10. The number of benzene rings is 2. The molecule has 0 radical (unpaired) electrons. The first-order chi connectivity index (χ1) is 12.4. The summed E-state index contributed by atoms with van der Waals surface area (Å²) in [5.74, 6) is -0.0201. The number of hydrogen-bond acceptors (Lipinski definition) is 2. The fraction of sp³-hybridized carbons (Fsp3) is 0.300. The summed E-state index contributed by atoms with van der Waals surface area (Å²) in [6, 6.07) is 12.6. The van der Waals surface area contributed by atoms with Gasteiger partial charge >= 0.3 is 6.03 Å². The van der Waals surface area contributed by atoms with Crippen molar-refractivity contribution in [3.8, 4) is 0 Å². The van der Waals surface area contributed by atoms with Crippen molar-refractivity contribution >= 4 is 17.6 Å². The lowest BCUT2D eigenvalue weighted by Crippen LogP contribution is -2.30. The van der Waals surface area contributed by atoms with Gasteiger partial charge in [-0.15, -0.1) is 0 Å². The predicted molar refractivity (Wildman–Crippen MR) is 101 cm³/mol. The van der Waals surface area contributed by atoms with Gasteiger partial charge in [0.05, 0.1) is 0 Å². The van der Waals surface area contributed by atoms with Gasteiger partial charge in [0.25, 0.3) is 5.91 Å². The van der Waals surface area contributed by atoms with E-state index in [0.717, 1.165) is 5.56 Å². The van der Waals surface area contributed by atoms with Gasteiger partial charge in [-0.05, 0) is 54.3 Å². The molecule has 0 unspecified atom stereocenters. The third-order valence-electron chi connectivity index (χ3n) is 3.69. The normalized spacial score (nSPS) is 10.5. The van der Waals surface area contributed by atoms with Crippen molar-refractivity contribution in [1.29, 1.82) is 0 Å². The number of hydrogen-bond donors (Lipinski definition) is 3. The van der Waals surface area contributed by atoms with E-state index < -0.39 is 0 Å². The van der Waals surface area contributed by atoms with Crippen LogP contribution in [-0.2, 0) is 6.42 Å². The Hall–Kier alpha value is -2.89. The first kappa shape index (κ1) is 19.4. The Labute approximate surface area is 153 Å². The third-order valence-corrected chi connectivity index (χ3v) is 3.69. The molecule has 0 atom stereocenters. The molecule has 3 amide bonds. The molecule has 2 aromatic carbocycles. The van der Waals surface area contributed by atoms with Crippen LogP contribution in [0.25, 0.3) is 0 Å². The molecular formula is C20H24FN3O2. The van der Waals surface area contributed by atoms with Crippen LogP contribution in [0.3, 0.4) is 0 Å². The SMILES string of the molecule is CC(C)CNC(=O)c1ccc(NC(=O)NCCc2ccc(F)cc2)cc1. The molecule has 0 fully saturated rings. The Balaban J connectivity index is 1.76. The maximum Gasteiger partial charge on any atom is 0.319 e. The first-order valence-corrected chi connectivity index (χ1v) is 8.61. The second-order valence-corrected chi connectivity index (χ2v) is 6.44. The minimum absolute atomic E-state index is 0.131. The molecule has 0 aliphatic rings. The minimum atomic E-state index is -0.330. The first-order valence-electron chi connectivity index (χ1n) is 8.61. The molecule has 26 heavy (non-hydrogen) atoms. The van der Waals surface area contributed by atoms with Gasteiger partial charge in [0.1, 0.15) is 5.82 Å². The van der Waals surface area contributed by atoms with Crippen molar-refractivity contribution in [1.82, 2.24) is 10.6 Å². The Kier molecular flexibility index (Phi) is 7.14. The highest BCUT2D eigenvalue weighted by Gasteiger charge is 2.07. The van der Waals surface area contributed by atoms with Crippen LogP contribution in [-0.4, -0.2) is 25.0 Å². The molecule has 0 spiro atoms. The van der Waals surface area contributed by atoms with E-state index in [1.807, 2.05) is 13.8 Å². The Morgan fingerprint density at radius 1 is 0.962 bits per heavy atom. The fourth-order valence-corrected chi connectivity index (χ4v) is 2.25. The van der Waals surface area contributed by atoms with Gasteiger partial charge < -0.3 is 16.0 Å². The molecule has 0 aliphatic carbocycles. The predicted octanol–water partition coefficient (Wildman–Crippen LogP) is 3.58. The minimum Gasteiger partial charge on any atom is -0.352 e.